The Balaban J connectivity index is 0.00000132. The van der Waals surface area contributed by atoms with Gasteiger partial charge in [-0.05, 0) is 36.5 Å². The summed E-state index contributed by atoms with van der Waals surface area (Å²) in [6.07, 6.45) is 8.93. The molecule has 0 spiro atoms. The highest BCUT2D eigenvalue weighted by atomic mass is 35.5. The fourth-order valence-corrected chi connectivity index (χ4v) is 3.98. The average molecular weight is 319 g/mol. The minimum Gasteiger partial charge on any atom is -0.365 e. The Labute approximate surface area is 133 Å². The Bertz CT molecular complexity index is 757. The van der Waals surface area contributed by atoms with Crippen LogP contribution >= 0.6 is 23.7 Å². The standard InChI is InChI=1S/C15H14N4S.ClH/c1-4-11-12(5-1)20-15-13(11)14(18-9-19-15)17-8-10-3-2-6-16-7-10;/h2-3,6-7,9H,1,4-5,8H2,(H,17,18,19);1H. The van der Waals surface area contributed by atoms with Crippen LogP contribution in [0.5, 0.6) is 0 Å². The van der Waals surface area contributed by atoms with Crippen molar-refractivity contribution >= 4 is 39.8 Å². The molecule has 1 N–H and O–H groups in total. The van der Waals surface area contributed by atoms with E-state index in [0.717, 1.165) is 29.2 Å². The topological polar surface area (TPSA) is 50.7 Å². The Morgan fingerprint density at radius 1 is 1.24 bits per heavy atom. The van der Waals surface area contributed by atoms with Crippen LogP contribution in [0, 0.1) is 0 Å². The first kappa shape index (κ1) is 14.2. The molecule has 0 aromatic carbocycles. The van der Waals surface area contributed by atoms with Crippen molar-refractivity contribution in [3.8, 4) is 0 Å². The van der Waals surface area contributed by atoms with Gasteiger partial charge in [0.15, 0.2) is 0 Å². The molecule has 1 aliphatic rings. The lowest BCUT2D eigenvalue weighted by Crippen LogP contribution is -2.02. The molecule has 108 valence electrons. The third-order valence-corrected chi connectivity index (χ3v) is 4.88. The second kappa shape index (κ2) is 5.95. The van der Waals surface area contributed by atoms with Gasteiger partial charge in [0, 0.05) is 23.8 Å². The minimum absolute atomic E-state index is 0. The van der Waals surface area contributed by atoms with E-state index >= 15 is 0 Å². The molecule has 4 rings (SSSR count). The summed E-state index contributed by atoms with van der Waals surface area (Å²) in [4.78, 5) is 15.6. The van der Waals surface area contributed by atoms with E-state index in [1.165, 1.54) is 28.7 Å². The van der Waals surface area contributed by atoms with Crippen LogP contribution < -0.4 is 5.32 Å². The SMILES string of the molecule is Cl.c1cncc(CNc2ncnc3sc4c(c23)CCC4)c1. The Morgan fingerprint density at radius 3 is 3.05 bits per heavy atom. The zero-order valence-electron chi connectivity index (χ0n) is 11.4. The van der Waals surface area contributed by atoms with E-state index in [1.807, 2.05) is 23.6 Å². The van der Waals surface area contributed by atoms with Gasteiger partial charge in [0.05, 0.1) is 5.39 Å². The molecule has 0 unspecified atom stereocenters. The zero-order valence-corrected chi connectivity index (χ0v) is 13.0. The number of nitrogens with zero attached hydrogens (tertiary/aromatic N) is 3. The lowest BCUT2D eigenvalue weighted by atomic mass is 10.2. The van der Waals surface area contributed by atoms with Crippen molar-refractivity contribution in [2.45, 2.75) is 25.8 Å². The number of pyridine rings is 1. The number of aromatic nitrogens is 3. The Morgan fingerprint density at radius 2 is 2.19 bits per heavy atom. The Hall–Kier alpha value is -1.72. The first-order chi connectivity index (χ1) is 9.92. The molecule has 21 heavy (non-hydrogen) atoms. The average Bonchev–Trinajstić information content (AvgIpc) is 3.06. The smallest absolute Gasteiger partial charge is 0.138 e. The van der Waals surface area contributed by atoms with Crippen LogP contribution in [0.2, 0.25) is 0 Å². The summed E-state index contributed by atoms with van der Waals surface area (Å²) in [5.74, 6) is 0.957. The second-order valence-corrected chi connectivity index (χ2v) is 6.06. The van der Waals surface area contributed by atoms with Gasteiger partial charge < -0.3 is 5.32 Å². The van der Waals surface area contributed by atoms with E-state index in [2.05, 4.69) is 26.3 Å². The molecule has 6 heteroatoms. The van der Waals surface area contributed by atoms with Crippen LogP contribution in [0.1, 0.15) is 22.4 Å². The van der Waals surface area contributed by atoms with Gasteiger partial charge in [-0.15, -0.1) is 23.7 Å². The van der Waals surface area contributed by atoms with E-state index in [9.17, 15) is 0 Å². The fourth-order valence-electron chi connectivity index (χ4n) is 2.75. The third kappa shape index (κ3) is 2.59. The minimum atomic E-state index is 0. The first-order valence-electron chi connectivity index (χ1n) is 6.80. The van der Waals surface area contributed by atoms with Gasteiger partial charge in [0.2, 0.25) is 0 Å². The number of nitrogens with one attached hydrogen (secondary N) is 1. The maximum atomic E-state index is 4.44. The summed E-state index contributed by atoms with van der Waals surface area (Å²) >= 11 is 1.82. The van der Waals surface area contributed by atoms with Crippen molar-refractivity contribution in [2.75, 3.05) is 5.32 Å². The van der Waals surface area contributed by atoms with Crippen molar-refractivity contribution in [3.63, 3.8) is 0 Å². The quantitative estimate of drug-likeness (QED) is 0.801. The van der Waals surface area contributed by atoms with Gasteiger partial charge in [-0.1, -0.05) is 6.07 Å². The highest BCUT2D eigenvalue weighted by molar-refractivity contribution is 7.19. The van der Waals surface area contributed by atoms with Gasteiger partial charge >= 0.3 is 0 Å². The van der Waals surface area contributed by atoms with Crippen LogP contribution in [-0.4, -0.2) is 15.0 Å². The molecule has 0 atom stereocenters. The highest BCUT2D eigenvalue weighted by Gasteiger charge is 2.20. The number of hydrogen-bond acceptors (Lipinski definition) is 5. The molecule has 3 aromatic heterocycles. The summed E-state index contributed by atoms with van der Waals surface area (Å²) in [5, 5.41) is 4.67. The van der Waals surface area contributed by atoms with Crippen LogP contribution in [0.25, 0.3) is 10.2 Å². The number of thiophene rings is 1. The molecular weight excluding hydrogens is 304 g/mol. The maximum absolute atomic E-state index is 4.44. The Kier molecular flexibility index (Phi) is 4.03. The van der Waals surface area contributed by atoms with Crippen molar-refractivity contribution < 1.29 is 0 Å². The van der Waals surface area contributed by atoms with Gasteiger partial charge in [0.1, 0.15) is 17.0 Å². The number of halogens is 1. The number of hydrogen-bond donors (Lipinski definition) is 1. The number of anilines is 1. The van der Waals surface area contributed by atoms with Gasteiger partial charge in [-0.3, -0.25) is 4.98 Å². The monoisotopic (exact) mass is 318 g/mol. The molecule has 0 aliphatic heterocycles. The highest BCUT2D eigenvalue weighted by Crippen LogP contribution is 2.39. The molecule has 0 amide bonds. The number of rotatable bonds is 3. The summed E-state index contributed by atoms with van der Waals surface area (Å²) in [6.45, 7) is 0.741. The predicted molar refractivity (Wildman–Crippen MR) is 88.3 cm³/mol. The van der Waals surface area contributed by atoms with Crippen LogP contribution in [0.4, 0.5) is 5.82 Å². The third-order valence-electron chi connectivity index (χ3n) is 3.68. The molecular formula is C15H15ClN4S. The fraction of sp³-hybridized carbons (Fsp3) is 0.267. The molecule has 0 bridgehead atoms. The largest absolute Gasteiger partial charge is 0.365 e. The summed E-state index contributed by atoms with van der Waals surface area (Å²) in [5.41, 5.74) is 2.62. The molecule has 4 nitrogen and oxygen atoms in total. The molecule has 3 heterocycles. The molecule has 0 radical (unpaired) electrons. The van der Waals surface area contributed by atoms with E-state index < -0.39 is 0 Å². The van der Waals surface area contributed by atoms with Crippen LogP contribution in [0.3, 0.4) is 0 Å². The summed E-state index contributed by atoms with van der Waals surface area (Å²) in [6, 6.07) is 4.02. The van der Waals surface area contributed by atoms with Gasteiger partial charge in [0.25, 0.3) is 0 Å². The normalized spacial score (nSPS) is 13.0. The van der Waals surface area contributed by atoms with Crippen molar-refractivity contribution in [3.05, 3.63) is 46.9 Å². The summed E-state index contributed by atoms with van der Waals surface area (Å²) in [7, 11) is 0. The lowest BCUT2D eigenvalue weighted by Gasteiger charge is -2.07. The first-order valence-corrected chi connectivity index (χ1v) is 7.61. The van der Waals surface area contributed by atoms with Crippen LogP contribution in [-0.2, 0) is 19.4 Å². The van der Waals surface area contributed by atoms with Crippen LogP contribution in [0.15, 0.2) is 30.9 Å². The van der Waals surface area contributed by atoms with Crippen molar-refractivity contribution in [1.82, 2.24) is 15.0 Å². The summed E-state index contributed by atoms with van der Waals surface area (Å²) < 4.78 is 0. The van der Waals surface area contributed by atoms with E-state index in [1.54, 1.807) is 12.5 Å². The van der Waals surface area contributed by atoms with Crippen molar-refractivity contribution in [1.29, 1.82) is 0 Å². The van der Waals surface area contributed by atoms with Gasteiger partial charge in [-0.2, -0.15) is 0 Å². The zero-order chi connectivity index (χ0) is 13.4. The van der Waals surface area contributed by atoms with Gasteiger partial charge in [-0.25, -0.2) is 9.97 Å². The number of aryl methyl sites for hydroxylation is 2. The predicted octanol–water partition coefficient (Wildman–Crippen LogP) is 3.61. The molecule has 0 saturated carbocycles. The lowest BCUT2D eigenvalue weighted by molar-refractivity contribution is 0.917. The molecule has 1 aliphatic carbocycles. The van der Waals surface area contributed by atoms with E-state index in [0.29, 0.717) is 0 Å². The maximum Gasteiger partial charge on any atom is 0.138 e. The number of fused-ring (bicyclic) bond motifs is 3. The van der Waals surface area contributed by atoms with Crippen molar-refractivity contribution in [2.24, 2.45) is 0 Å². The molecule has 0 saturated heterocycles. The molecule has 3 aromatic rings. The molecule has 0 fully saturated rings. The van der Waals surface area contributed by atoms with E-state index in [-0.39, 0.29) is 12.4 Å². The van der Waals surface area contributed by atoms with E-state index in [4.69, 9.17) is 0 Å². The second-order valence-electron chi connectivity index (χ2n) is 4.97.